The maximum Gasteiger partial charge on any atom is 0.255 e. The standard InChI is InChI=1S/C19H13Cl2N3OS/c1-11-10-26-19-23-17(9-24(11)19)12-2-5-14(6-3-12)22-18(25)13-4-7-15(20)16(21)8-13/h2-10H,1H3,(H,22,25). The lowest BCUT2D eigenvalue weighted by Crippen LogP contribution is -2.11. The van der Waals surface area contributed by atoms with E-state index in [1.54, 1.807) is 29.5 Å². The van der Waals surface area contributed by atoms with E-state index < -0.39 is 0 Å². The summed E-state index contributed by atoms with van der Waals surface area (Å²) in [6, 6.07) is 12.4. The number of anilines is 1. The van der Waals surface area contributed by atoms with Gasteiger partial charge in [-0.1, -0.05) is 35.3 Å². The molecule has 2 aromatic carbocycles. The maximum absolute atomic E-state index is 12.3. The number of imidazole rings is 1. The number of amides is 1. The molecule has 0 aliphatic rings. The van der Waals surface area contributed by atoms with E-state index in [0.29, 0.717) is 21.3 Å². The molecule has 0 bridgehead atoms. The van der Waals surface area contributed by atoms with Crippen molar-refractivity contribution in [2.45, 2.75) is 6.92 Å². The summed E-state index contributed by atoms with van der Waals surface area (Å²) in [5.41, 5.74) is 4.21. The number of carbonyl (C=O) groups is 1. The van der Waals surface area contributed by atoms with Crippen molar-refractivity contribution in [1.82, 2.24) is 9.38 Å². The molecule has 2 aromatic heterocycles. The first-order chi connectivity index (χ1) is 12.5. The molecule has 1 amide bonds. The number of hydrogen-bond acceptors (Lipinski definition) is 3. The highest BCUT2D eigenvalue weighted by molar-refractivity contribution is 7.15. The van der Waals surface area contributed by atoms with Crippen LogP contribution in [0.3, 0.4) is 0 Å². The van der Waals surface area contributed by atoms with Gasteiger partial charge in [-0.3, -0.25) is 9.20 Å². The zero-order valence-electron chi connectivity index (χ0n) is 13.7. The van der Waals surface area contributed by atoms with Crippen LogP contribution in [0.2, 0.25) is 10.0 Å². The highest BCUT2D eigenvalue weighted by Gasteiger charge is 2.10. The Morgan fingerprint density at radius 2 is 1.88 bits per heavy atom. The Morgan fingerprint density at radius 3 is 2.58 bits per heavy atom. The van der Waals surface area contributed by atoms with Crippen molar-refractivity contribution in [1.29, 1.82) is 0 Å². The van der Waals surface area contributed by atoms with E-state index in [-0.39, 0.29) is 5.91 Å². The van der Waals surface area contributed by atoms with E-state index in [9.17, 15) is 4.79 Å². The minimum atomic E-state index is -0.241. The molecule has 4 nitrogen and oxygen atoms in total. The van der Waals surface area contributed by atoms with Crippen LogP contribution in [0.1, 0.15) is 16.1 Å². The third-order valence-electron chi connectivity index (χ3n) is 4.01. The van der Waals surface area contributed by atoms with Crippen molar-refractivity contribution in [2.24, 2.45) is 0 Å². The molecule has 0 saturated heterocycles. The van der Waals surface area contributed by atoms with Crippen molar-refractivity contribution in [2.75, 3.05) is 5.32 Å². The quantitative estimate of drug-likeness (QED) is 0.462. The number of thiazole rings is 1. The number of fused-ring (bicyclic) bond motifs is 1. The van der Waals surface area contributed by atoms with Crippen molar-refractivity contribution in [3.05, 3.63) is 75.3 Å². The number of nitrogens with one attached hydrogen (secondary N) is 1. The van der Waals surface area contributed by atoms with Crippen molar-refractivity contribution in [3.63, 3.8) is 0 Å². The first-order valence-corrected chi connectivity index (χ1v) is 9.45. The summed E-state index contributed by atoms with van der Waals surface area (Å²) in [5.74, 6) is -0.241. The van der Waals surface area contributed by atoms with Gasteiger partial charge in [0.25, 0.3) is 5.91 Å². The predicted molar refractivity (Wildman–Crippen MR) is 108 cm³/mol. The Hall–Kier alpha value is -2.34. The molecule has 0 unspecified atom stereocenters. The minimum Gasteiger partial charge on any atom is -0.322 e. The van der Waals surface area contributed by atoms with Gasteiger partial charge in [0.15, 0.2) is 4.96 Å². The van der Waals surface area contributed by atoms with E-state index in [1.807, 2.05) is 30.5 Å². The first-order valence-electron chi connectivity index (χ1n) is 7.81. The maximum atomic E-state index is 12.3. The molecule has 0 radical (unpaired) electrons. The molecule has 0 aliphatic carbocycles. The molecule has 0 aliphatic heterocycles. The van der Waals surface area contributed by atoms with E-state index >= 15 is 0 Å². The summed E-state index contributed by atoms with van der Waals surface area (Å²) in [5, 5.41) is 5.70. The largest absolute Gasteiger partial charge is 0.322 e. The Balaban J connectivity index is 1.53. The second kappa shape index (κ2) is 6.76. The minimum absolute atomic E-state index is 0.241. The van der Waals surface area contributed by atoms with Crippen molar-refractivity contribution in [3.8, 4) is 11.3 Å². The van der Waals surface area contributed by atoms with Crippen LogP contribution in [-0.4, -0.2) is 15.3 Å². The lowest BCUT2D eigenvalue weighted by atomic mass is 10.1. The second-order valence-electron chi connectivity index (χ2n) is 5.82. The summed E-state index contributed by atoms with van der Waals surface area (Å²) in [4.78, 5) is 17.9. The number of nitrogens with zero attached hydrogens (tertiary/aromatic N) is 2. The highest BCUT2D eigenvalue weighted by atomic mass is 35.5. The van der Waals surface area contributed by atoms with Crippen LogP contribution in [0.15, 0.2) is 54.0 Å². The number of hydrogen-bond donors (Lipinski definition) is 1. The Morgan fingerprint density at radius 1 is 1.12 bits per heavy atom. The number of aryl methyl sites for hydroxylation is 1. The van der Waals surface area contributed by atoms with Crippen molar-refractivity contribution >= 4 is 51.1 Å². The summed E-state index contributed by atoms with van der Waals surface area (Å²) in [6.07, 6.45) is 2.02. The lowest BCUT2D eigenvalue weighted by molar-refractivity contribution is 0.102. The third-order valence-corrected chi connectivity index (χ3v) is 5.71. The molecular formula is C19H13Cl2N3OS. The average Bonchev–Trinajstić information content (AvgIpc) is 3.20. The van der Waals surface area contributed by atoms with Crippen molar-refractivity contribution < 1.29 is 4.79 Å². The number of halogens is 2. The molecule has 0 saturated carbocycles. The van der Waals surface area contributed by atoms with Crippen LogP contribution in [-0.2, 0) is 0 Å². The second-order valence-corrected chi connectivity index (χ2v) is 7.47. The average molecular weight is 402 g/mol. The molecule has 2 heterocycles. The number of aromatic nitrogens is 2. The summed E-state index contributed by atoms with van der Waals surface area (Å²) >= 11 is 13.5. The Bertz CT molecular complexity index is 1120. The zero-order chi connectivity index (χ0) is 18.3. The van der Waals surface area contributed by atoms with Gasteiger partial charge in [-0.15, -0.1) is 11.3 Å². The van der Waals surface area contributed by atoms with Crippen LogP contribution in [0, 0.1) is 6.92 Å². The molecule has 0 fully saturated rings. The molecule has 0 atom stereocenters. The van der Waals surface area contributed by atoms with Gasteiger partial charge in [0.05, 0.1) is 15.7 Å². The van der Waals surface area contributed by atoms with Gasteiger partial charge < -0.3 is 5.32 Å². The molecule has 7 heteroatoms. The molecular weight excluding hydrogens is 389 g/mol. The van der Waals surface area contributed by atoms with E-state index in [1.165, 1.54) is 0 Å². The Kier molecular flexibility index (Phi) is 4.44. The van der Waals surface area contributed by atoms with E-state index in [4.69, 9.17) is 23.2 Å². The summed E-state index contributed by atoms with van der Waals surface area (Å²) in [6.45, 7) is 2.05. The van der Waals surface area contributed by atoms with Gasteiger partial charge in [0.2, 0.25) is 0 Å². The summed E-state index contributed by atoms with van der Waals surface area (Å²) in [7, 11) is 0. The third kappa shape index (κ3) is 3.21. The van der Waals surface area contributed by atoms with Gasteiger partial charge in [0, 0.05) is 34.1 Å². The molecule has 4 rings (SSSR count). The smallest absolute Gasteiger partial charge is 0.255 e. The fourth-order valence-corrected chi connectivity index (χ4v) is 3.75. The van der Waals surface area contributed by atoms with E-state index in [2.05, 4.69) is 27.0 Å². The van der Waals surface area contributed by atoms with E-state index in [0.717, 1.165) is 21.9 Å². The predicted octanol–water partition coefficient (Wildman–Crippen LogP) is 5.93. The number of carbonyl (C=O) groups excluding carboxylic acids is 1. The van der Waals surface area contributed by atoms with Gasteiger partial charge >= 0.3 is 0 Å². The molecule has 130 valence electrons. The van der Waals surface area contributed by atoms with Crippen LogP contribution in [0.25, 0.3) is 16.2 Å². The topological polar surface area (TPSA) is 46.4 Å². The molecule has 0 spiro atoms. The SMILES string of the molecule is Cc1csc2nc(-c3ccc(NC(=O)c4ccc(Cl)c(Cl)c4)cc3)cn12. The van der Waals surface area contributed by atoms with Gasteiger partial charge in [-0.05, 0) is 37.3 Å². The number of rotatable bonds is 3. The monoisotopic (exact) mass is 401 g/mol. The fraction of sp³-hybridized carbons (Fsp3) is 0.0526. The summed E-state index contributed by atoms with van der Waals surface area (Å²) < 4.78 is 2.07. The van der Waals surface area contributed by atoms with Gasteiger partial charge in [0.1, 0.15) is 0 Å². The molecule has 1 N–H and O–H groups in total. The van der Waals surface area contributed by atoms with Crippen LogP contribution < -0.4 is 5.32 Å². The van der Waals surface area contributed by atoms with Crippen LogP contribution in [0.5, 0.6) is 0 Å². The van der Waals surface area contributed by atoms with Gasteiger partial charge in [-0.2, -0.15) is 0 Å². The first kappa shape index (κ1) is 17.1. The Labute approximate surface area is 164 Å². The zero-order valence-corrected chi connectivity index (χ0v) is 16.0. The fourth-order valence-electron chi connectivity index (χ4n) is 2.60. The normalized spacial score (nSPS) is 11.0. The lowest BCUT2D eigenvalue weighted by Gasteiger charge is -2.07. The highest BCUT2D eigenvalue weighted by Crippen LogP contribution is 2.26. The molecule has 26 heavy (non-hydrogen) atoms. The molecule has 4 aromatic rings. The van der Waals surface area contributed by atoms with Gasteiger partial charge in [-0.25, -0.2) is 4.98 Å². The van der Waals surface area contributed by atoms with Crippen LogP contribution >= 0.6 is 34.5 Å². The number of benzene rings is 2. The van der Waals surface area contributed by atoms with Crippen LogP contribution in [0.4, 0.5) is 5.69 Å².